The highest BCUT2D eigenvalue weighted by Gasteiger charge is 2.39. The fraction of sp³-hybridized carbons (Fsp3) is 0.158. The van der Waals surface area contributed by atoms with Crippen LogP contribution in [0.15, 0.2) is 65.9 Å². The van der Waals surface area contributed by atoms with Crippen molar-refractivity contribution in [2.75, 3.05) is 12.0 Å². The Hall–Kier alpha value is -3.68. The van der Waals surface area contributed by atoms with Crippen LogP contribution in [0.25, 0.3) is 0 Å². The zero-order chi connectivity index (χ0) is 19.6. The number of nitro benzene ring substituents is 1. The van der Waals surface area contributed by atoms with Gasteiger partial charge in [0.25, 0.3) is 5.69 Å². The number of hydrogen-bond acceptors (Lipinski definition) is 5. The Labute approximate surface area is 155 Å². The number of allylic oxidation sites excluding steroid dienone is 1. The molecule has 0 fully saturated rings. The number of ether oxygens (including phenoxy) is 1. The van der Waals surface area contributed by atoms with Crippen molar-refractivity contribution in [1.29, 1.82) is 0 Å². The lowest BCUT2D eigenvalue weighted by Gasteiger charge is -2.35. The second kappa shape index (κ2) is 7.28. The van der Waals surface area contributed by atoms with Crippen LogP contribution in [-0.4, -0.2) is 24.0 Å². The predicted octanol–water partition coefficient (Wildman–Crippen LogP) is 3.31. The van der Waals surface area contributed by atoms with Crippen molar-refractivity contribution in [1.82, 2.24) is 5.32 Å². The lowest BCUT2D eigenvalue weighted by atomic mass is 9.93. The van der Waals surface area contributed by atoms with Gasteiger partial charge in [0.1, 0.15) is 0 Å². The fourth-order valence-electron chi connectivity index (χ4n) is 3.14. The molecule has 8 nitrogen and oxygen atoms in total. The smallest absolute Gasteiger partial charge is 0.337 e. The van der Waals surface area contributed by atoms with Crippen molar-refractivity contribution < 1.29 is 19.2 Å². The summed E-state index contributed by atoms with van der Waals surface area (Å²) in [4.78, 5) is 37.5. The van der Waals surface area contributed by atoms with E-state index in [2.05, 4.69) is 5.32 Å². The minimum absolute atomic E-state index is 0.134. The number of benzene rings is 2. The molecular weight excluding hydrogens is 350 g/mol. The minimum Gasteiger partial charge on any atom is -0.466 e. The summed E-state index contributed by atoms with van der Waals surface area (Å²) in [7, 11) is 1.22. The molecule has 2 aromatic rings. The zero-order valence-corrected chi connectivity index (χ0v) is 14.7. The quantitative estimate of drug-likeness (QED) is 0.507. The molecule has 0 aromatic heterocycles. The normalized spacial score (nSPS) is 16.7. The number of anilines is 1. The van der Waals surface area contributed by atoms with Crippen LogP contribution >= 0.6 is 0 Å². The standard InChI is InChI=1S/C19H17N3O5/c1-12-16(18(23)27-2)17(14-10-6-7-11-15(14)22(25)26)20-19(24)21(12)13-8-4-3-5-9-13/h3-11,17H,1-2H3,(H,20,24)/t17-/m0/s1. The van der Waals surface area contributed by atoms with Crippen LogP contribution in [0.1, 0.15) is 18.5 Å². The molecule has 0 spiro atoms. The Bertz CT molecular complexity index is 939. The number of para-hydroxylation sites is 2. The van der Waals surface area contributed by atoms with Gasteiger partial charge in [-0.15, -0.1) is 0 Å². The largest absolute Gasteiger partial charge is 0.466 e. The summed E-state index contributed by atoms with van der Waals surface area (Å²) in [6.07, 6.45) is 0. The number of urea groups is 1. The van der Waals surface area contributed by atoms with Crippen LogP contribution in [0.2, 0.25) is 0 Å². The molecule has 138 valence electrons. The molecule has 3 rings (SSSR count). The number of rotatable bonds is 4. The molecular formula is C19H17N3O5. The molecule has 8 heteroatoms. The van der Waals surface area contributed by atoms with Crippen LogP contribution in [0.5, 0.6) is 0 Å². The number of amides is 2. The third-order valence-electron chi connectivity index (χ3n) is 4.35. The van der Waals surface area contributed by atoms with Gasteiger partial charge in [-0.1, -0.05) is 30.3 Å². The van der Waals surface area contributed by atoms with Gasteiger partial charge in [0.05, 0.1) is 34.9 Å². The number of nitro groups is 1. The Balaban J connectivity index is 2.20. The number of carbonyl (C=O) groups excluding carboxylic acids is 2. The van der Waals surface area contributed by atoms with Gasteiger partial charge in [-0.2, -0.15) is 0 Å². The summed E-state index contributed by atoms with van der Waals surface area (Å²) in [5.41, 5.74) is 1.07. The minimum atomic E-state index is -0.994. The molecule has 0 saturated heterocycles. The fourth-order valence-corrected chi connectivity index (χ4v) is 3.14. The van der Waals surface area contributed by atoms with Crippen LogP contribution in [0.3, 0.4) is 0 Å². The Kier molecular flexibility index (Phi) is 4.89. The number of esters is 1. The maximum absolute atomic E-state index is 12.8. The summed E-state index contributed by atoms with van der Waals surface area (Å²) in [6.45, 7) is 1.61. The molecule has 0 saturated carbocycles. The molecule has 0 bridgehead atoms. The first-order chi connectivity index (χ1) is 13.0. The van der Waals surface area contributed by atoms with E-state index in [1.165, 1.54) is 30.2 Å². The molecule has 2 amide bonds. The topological polar surface area (TPSA) is 102 Å². The Morgan fingerprint density at radius 2 is 1.78 bits per heavy atom. The lowest BCUT2D eigenvalue weighted by Crippen LogP contribution is -2.48. The second-order valence-electron chi connectivity index (χ2n) is 5.86. The van der Waals surface area contributed by atoms with Gasteiger partial charge in [-0.25, -0.2) is 9.59 Å². The van der Waals surface area contributed by atoms with Gasteiger partial charge >= 0.3 is 12.0 Å². The molecule has 27 heavy (non-hydrogen) atoms. The van der Waals surface area contributed by atoms with Gasteiger partial charge in [-0.05, 0) is 25.1 Å². The van der Waals surface area contributed by atoms with E-state index in [0.717, 1.165) is 0 Å². The van der Waals surface area contributed by atoms with Crippen molar-refractivity contribution in [3.05, 3.63) is 81.5 Å². The zero-order valence-electron chi connectivity index (χ0n) is 14.7. The first-order valence-electron chi connectivity index (χ1n) is 8.13. The average Bonchev–Trinajstić information content (AvgIpc) is 2.67. The molecule has 1 aliphatic heterocycles. The highest BCUT2D eigenvalue weighted by Crippen LogP contribution is 2.37. The highest BCUT2D eigenvalue weighted by atomic mass is 16.6. The van der Waals surface area contributed by atoms with E-state index in [-0.39, 0.29) is 16.8 Å². The van der Waals surface area contributed by atoms with Crippen molar-refractivity contribution in [2.45, 2.75) is 13.0 Å². The van der Waals surface area contributed by atoms with Crippen molar-refractivity contribution >= 4 is 23.4 Å². The molecule has 1 N–H and O–H groups in total. The summed E-state index contributed by atoms with van der Waals surface area (Å²) >= 11 is 0. The summed E-state index contributed by atoms with van der Waals surface area (Å²) < 4.78 is 4.89. The van der Waals surface area contributed by atoms with Crippen LogP contribution in [0, 0.1) is 10.1 Å². The number of hydrogen-bond donors (Lipinski definition) is 1. The number of methoxy groups -OCH3 is 1. The Morgan fingerprint density at radius 1 is 1.15 bits per heavy atom. The van der Waals surface area contributed by atoms with E-state index in [4.69, 9.17) is 4.74 Å². The van der Waals surface area contributed by atoms with Gasteiger partial charge in [0, 0.05) is 11.8 Å². The van der Waals surface area contributed by atoms with E-state index >= 15 is 0 Å². The Morgan fingerprint density at radius 3 is 2.41 bits per heavy atom. The van der Waals surface area contributed by atoms with Crippen LogP contribution in [0.4, 0.5) is 16.2 Å². The molecule has 0 unspecified atom stereocenters. The van der Waals surface area contributed by atoms with Gasteiger partial charge < -0.3 is 10.1 Å². The monoisotopic (exact) mass is 367 g/mol. The van der Waals surface area contributed by atoms with E-state index in [0.29, 0.717) is 11.4 Å². The average molecular weight is 367 g/mol. The third-order valence-corrected chi connectivity index (χ3v) is 4.35. The molecule has 2 aromatic carbocycles. The molecule has 0 radical (unpaired) electrons. The number of carbonyl (C=O) groups is 2. The van der Waals surface area contributed by atoms with Crippen molar-refractivity contribution in [3.8, 4) is 0 Å². The SMILES string of the molecule is COC(=O)C1=C(C)N(c2ccccc2)C(=O)N[C@H]1c1ccccc1[N+](=O)[O-]. The maximum Gasteiger partial charge on any atom is 0.337 e. The summed E-state index contributed by atoms with van der Waals surface area (Å²) in [5, 5.41) is 14.1. The molecule has 0 aliphatic carbocycles. The lowest BCUT2D eigenvalue weighted by molar-refractivity contribution is -0.385. The molecule has 1 aliphatic rings. The first kappa shape index (κ1) is 18.1. The van der Waals surface area contributed by atoms with E-state index in [9.17, 15) is 19.7 Å². The van der Waals surface area contributed by atoms with E-state index < -0.39 is 23.0 Å². The van der Waals surface area contributed by atoms with E-state index in [1.54, 1.807) is 37.3 Å². The van der Waals surface area contributed by atoms with Crippen LogP contribution < -0.4 is 10.2 Å². The highest BCUT2D eigenvalue weighted by molar-refractivity contribution is 6.03. The van der Waals surface area contributed by atoms with Gasteiger partial charge in [0.15, 0.2) is 0 Å². The molecule has 1 atom stereocenters. The van der Waals surface area contributed by atoms with Gasteiger partial charge in [-0.3, -0.25) is 15.0 Å². The summed E-state index contributed by atoms with van der Waals surface area (Å²) in [6, 6.07) is 13.3. The van der Waals surface area contributed by atoms with Gasteiger partial charge in [0.2, 0.25) is 0 Å². The van der Waals surface area contributed by atoms with E-state index in [1.807, 2.05) is 6.07 Å². The number of nitrogens with zero attached hydrogens (tertiary/aromatic N) is 2. The third kappa shape index (κ3) is 3.24. The maximum atomic E-state index is 12.8. The number of nitrogens with one attached hydrogen (secondary N) is 1. The molecule has 1 heterocycles. The predicted molar refractivity (Wildman–Crippen MR) is 98.0 cm³/mol. The first-order valence-corrected chi connectivity index (χ1v) is 8.13. The summed E-state index contributed by atoms with van der Waals surface area (Å²) in [5.74, 6) is -0.670. The second-order valence-corrected chi connectivity index (χ2v) is 5.86. The van der Waals surface area contributed by atoms with Crippen molar-refractivity contribution in [2.24, 2.45) is 0 Å². The van der Waals surface area contributed by atoms with Crippen molar-refractivity contribution in [3.63, 3.8) is 0 Å². The van der Waals surface area contributed by atoms with Crippen LogP contribution in [-0.2, 0) is 9.53 Å².